The summed E-state index contributed by atoms with van der Waals surface area (Å²) >= 11 is 6.92. The molecule has 3 rings (SSSR count). The van der Waals surface area contributed by atoms with Crippen LogP contribution < -0.4 is 5.32 Å². The maximum absolute atomic E-state index is 13.0. The number of amides is 3. The number of likely N-dealkylation sites (tertiary alicyclic amines) is 1. The second-order valence-corrected chi connectivity index (χ2v) is 9.58. The van der Waals surface area contributed by atoms with E-state index in [9.17, 15) is 32.3 Å². The van der Waals surface area contributed by atoms with E-state index < -0.39 is 66.1 Å². The van der Waals surface area contributed by atoms with Crippen LogP contribution in [0.1, 0.15) is 18.4 Å². The standard InChI is InChI=1S/C19H17Br2F3N2O5/c20-12-5-9-10(6-13(12)21)18(30)26(17(9)29)7-16(28)31-8-15(27)25-14-4-2-1-3-11(14)19(22,23)24/h1-4,9-10,12-13H,5-8H2,(H,25,27)/t9-,10-,12-,13+/m1/s1. The van der Waals surface area contributed by atoms with Gasteiger partial charge in [-0.25, -0.2) is 0 Å². The third-order valence-corrected chi connectivity index (χ3v) is 7.89. The van der Waals surface area contributed by atoms with E-state index in [1.807, 2.05) is 5.32 Å². The molecule has 7 nitrogen and oxygen atoms in total. The average Bonchev–Trinajstić information content (AvgIpc) is 2.91. The van der Waals surface area contributed by atoms with Gasteiger partial charge in [0.1, 0.15) is 6.54 Å². The van der Waals surface area contributed by atoms with Gasteiger partial charge in [0.05, 0.1) is 23.1 Å². The molecule has 1 saturated carbocycles. The largest absolute Gasteiger partial charge is 0.454 e. The normalized spacial score (nSPS) is 25.9. The van der Waals surface area contributed by atoms with Crippen LogP contribution in [-0.4, -0.2) is 51.4 Å². The molecule has 4 atom stereocenters. The highest BCUT2D eigenvalue weighted by Crippen LogP contribution is 2.43. The first kappa shape index (κ1) is 23.7. The van der Waals surface area contributed by atoms with Gasteiger partial charge in [0, 0.05) is 9.65 Å². The molecule has 0 aromatic heterocycles. The summed E-state index contributed by atoms with van der Waals surface area (Å²) < 4.78 is 43.7. The molecule has 2 fully saturated rings. The topological polar surface area (TPSA) is 92.8 Å². The number of ether oxygens (including phenoxy) is 1. The summed E-state index contributed by atoms with van der Waals surface area (Å²) in [5, 5.41) is 2.04. The Labute approximate surface area is 191 Å². The smallest absolute Gasteiger partial charge is 0.418 e. The van der Waals surface area contributed by atoms with Crippen molar-refractivity contribution in [2.75, 3.05) is 18.5 Å². The van der Waals surface area contributed by atoms with Gasteiger partial charge < -0.3 is 10.1 Å². The molecule has 2 aliphatic rings. The van der Waals surface area contributed by atoms with Crippen molar-refractivity contribution in [3.05, 3.63) is 29.8 Å². The van der Waals surface area contributed by atoms with Crippen LogP contribution in [0.15, 0.2) is 24.3 Å². The number of alkyl halides is 5. The molecule has 1 aromatic rings. The van der Waals surface area contributed by atoms with Gasteiger partial charge in [-0.05, 0) is 25.0 Å². The van der Waals surface area contributed by atoms with E-state index in [-0.39, 0.29) is 9.65 Å². The van der Waals surface area contributed by atoms with Gasteiger partial charge in [-0.3, -0.25) is 24.1 Å². The van der Waals surface area contributed by atoms with Crippen molar-refractivity contribution in [1.29, 1.82) is 0 Å². The lowest BCUT2D eigenvalue weighted by atomic mass is 9.81. The monoisotopic (exact) mass is 568 g/mol. The highest BCUT2D eigenvalue weighted by molar-refractivity contribution is 9.12. The number of hydrogen-bond acceptors (Lipinski definition) is 5. The summed E-state index contributed by atoms with van der Waals surface area (Å²) in [6, 6.07) is 4.37. The highest BCUT2D eigenvalue weighted by Gasteiger charge is 2.52. The summed E-state index contributed by atoms with van der Waals surface area (Å²) in [6.07, 6.45) is -3.79. The van der Waals surface area contributed by atoms with Gasteiger partial charge in [0.25, 0.3) is 5.91 Å². The number of esters is 1. The molecule has 31 heavy (non-hydrogen) atoms. The molecule has 1 saturated heterocycles. The van der Waals surface area contributed by atoms with Crippen LogP contribution >= 0.6 is 31.9 Å². The molecule has 0 radical (unpaired) electrons. The Bertz CT molecular complexity index is 883. The number of benzene rings is 1. The maximum atomic E-state index is 13.0. The summed E-state index contributed by atoms with van der Waals surface area (Å²) in [4.78, 5) is 49.9. The van der Waals surface area contributed by atoms with Crippen molar-refractivity contribution in [2.45, 2.75) is 28.7 Å². The van der Waals surface area contributed by atoms with Gasteiger partial charge in [-0.1, -0.05) is 44.0 Å². The van der Waals surface area contributed by atoms with Crippen molar-refractivity contribution in [3.63, 3.8) is 0 Å². The van der Waals surface area contributed by atoms with Crippen LogP contribution in [0.4, 0.5) is 18.9 Å². The fourth-order valence-corrected chi connectivity index (χ4v) is 4.90. The van der Waals surface area contributed by atoms with Gasteiger partial charge in [0.2, 0.25) is 11.8 Å². The second-order valence-electron chi connectivity index (χ2n) is 7.23. The van der Waals surface area contributed by atoms with Gasteiger partial charge in [-0.15, -0.1) is 0 Å². The zero-order valence-electron chi connectivity index (χ0n) is 15.8. The lowest BCUT2D eigenvalue weighted by Gasteiger charge is -2.29. The maximum Gasteiger partial charge on any atom is 0.418 e. The molecule has 12 heteroatoms. The minimum Gasteiger partial charge on any atom is -0.454 e. The molecule has 1 heterocycles. The molecular formula is C19H17Br2F3N2O5. The fraction of sp³-hybridized carbons (Fsp3) is 0.474. The van der Waals surface area contributed by atoms with Gasteiger partial charge >= 0.3 is 12.1 Å². The summed E-state index contributed by atoms with van der Waals surface area (Å²) in [5.41, 5.74) is -1.51. The van der Waals surface area contributed by atoms with Crippen LogP contribution in [0.5, 0.6) is 0 Å². The zero-order chi connectivity index (χ0) is 22.9. The van der Waals surface area contributed by atoms with E-state index in [0.717, 1.165) is 17.0 Å². The van der Waals surface area contributed by atoms with E-state index >= 15 is 0 Å². The fourth-order valence-electron chi connectivity index (χ4n) is 3.67. The molecular weight excluding hydrogens is 553 g/mol. The molecule has 3 amide bonds. The second kappa shape index (κ2) is 9.27. The molecule has 1 aromatic carbocycles. The predicted octanol–water partition coefficient (Wildman–Crippen LogP) is 3.11. The molecule has 1 aliphatic heterocycles. The summed E-state index contributed by atoms with van der Waals surface area (Å²) in [7, 11) is 0. The van der Waals surface area contributed by atoms with Crippen molar-refractivity contribution in [3.8, 4) is 0 Å². The number of hydrogen-bond donors (Lipinski definition) is 1. The number of nitrogens with zero attached hydrogens (tertiary/aromatic N) is 1. The first-order valence-electron chi connectivity index (χ1n) is 9.24. The third kappa shape index (κ3) is 5.28. The van der Waals surface area contributed by atoms with Gasteiger partial charge in [0.15, 0.2) is 6.61 Å². The lowest BCUT2D eigenvalue weighted by molar-refractivity contribution is -0.154. The van der Waals surface area contributed by atoms with Crippen LogP contribution in [-0.2, 0) is 30.1 Å². The number of carbonyl (C=O) groups excluding carboxylic acids is 4. The zero-order valence-corrected chi connectivity index (χ0v) is 19.0. The van der Waals surface area contributed by atoms with E-state index in [4.69, 9.17) is 4.74 Å². The van der Waals surface area contributed by atoms with Crippen molar-refractivity contribution in [1.82, 2.24) is 4.90 Å². The number of carbonyl (C=O) groups is 4. The number of anilines is 1. The summed E-state index contributed by atoms with van der Waals surface area (Å²) in [6.45, 7) is -1.52. The minimum atomic E-state index is -4.67. The van der Waals surface area contributed by atoms with Crippen molar-refractivity contribution < 1.29 is 37.1 Å². The van der Waals surface area contributed by atoms with Crippen LogP contribution in [0, 0.1) is 11.8 Å². The Kier molecular flexibility index (Phi) is 7.09. The number of nitrogens with one attached hydrogen (secondary N) is 1. The number of para-hydroxylation sites is 1. The van der Waals surface area contributed by atoms with Crippen LogP contribution in [0.25, 0.3) is 0 Å². The summed E-state index contributed by atoms with van der Waals surface area (Å²) in [5.74, 6) is -3.99. The Morgan fingerprint density at radius 2 is 1.61 bits per heavy atom. The first-order chi connectivity index (χ1) is 14.5. The van der Waals surface area contributed by atoms with Crippen molar-refractivity contribution in [2.24, 2.45) is 11.8 Å². The number of halogens is 5. The van der Waals surface area contributed by atoms with Crippen LogP contribution in [0.2, 0.25) is 0 Å². The molecule has 168 valence electrons. The molecule has 1 N–H and O–H groups in total. The Morgan fingerprint density at radius 1 is 1.06 bits per heavy atom. The number of imide groups is 1. The third-order valence-electron chi connectivity index (χ3n) is 5.16. The molecule has 1 aliphatic carbocycles. The van der Waals surface area contributed by atoms with Crippen molar-refractivity contribution >= 4 is 61.2 Å². The van der Waals surface area contributed by atoms with E-state index in [1.54, 1.807) is 0 Å². The van der Waals surface area contributed by atoms with E-state index in [2.05, 4.69) is 31.9 Å². The lowest BCUT2D eigenvalue weighted by Crippen LogP contribution is -2.37. The van der Waals surface area contributed by atoms with Gasteiger partial charge in [-0.2, -0.15) is 13.2 Å². The SMILES string of the molecule is O=C(COC(=O)CN1C(=O)[C@@H]2C[C@@H](Br)[C@@H](Br)C[C@H]2C1=O)Nc1ccccc1C(F)(F)F. The molecule has 0 unspecified atom stereocenters. The predicted molar refractivity (Wildman–Crippen MR) is 109 cm³/mol. The molecule has 0 bridgehead atoms. The number of fused-ring (bicyclic) bond motifs is 1. The van der Waals surface area contributed by atoms with Crippen LogP contribution in [0.3, 0.4) is 0 Å². The Morgan fingerprint density at radius 3 is 2.16 bits per heavy atom. The quantitative estimate of drug-likeness (QED) is 0.334. The number of rotatable bonds is 5. The minimum absolute atomic E-state index is 0.0145. The Hall–Kier alpha value is -1.95. The molecule has 0 spiro atoms. The Balaban J connectivity index is 1.55. The van der Waals surface area contributed by atoms with E-state index in [0.29, 0.717) is 12.8 Å². The highest BCUT2D eigenvalue weighted by atomic mass is 79.9. The van der Waals surface area contributed by atoms with E-state index in [1.165, 1.54) is 12.1 Å². The first-order valence-corrected chi connectivity index (χ1v) is 11.1. The average molecular weight is 570 g/mol.